The minimum Gasteiger partial charge on any atom is -0.333 e. The Kier molecular flexibility index (Phi) is 5.72. The van der Waals surface area contributed by atoms with Crippen LogP contribution in [0.4, 0.5) is 10.1 Å². The van der Waals surface area contributed by atoms with Gasteiger partial charge in [0.15, 0.2) is 5.69 Å². The predicted molar refractivity (Wildman–Crippen MR) is 108 cm³/mol. The number of benzene rings is 2. The van der Waals surface area contributed by atoms with Crippen molar-refractivity contribution in [1.29, 1.82) is 0 Å². The number of nitro groups is 1. The second kappa shape index (κ2) is 8.24. The SMILES string of the molecule is Cc1cc(=O)c(C(=O)N(C)C(C)c2ccc(F)cc2)nn1-c1ccccc1[N+](=O)[O-]. The molecule has 1 amide bonds. The first-order chi connectivity index (χ1) is 14.2. The standard InChI is InChI=1S/C21H19FN4O4/c1-13-12-19(27)20(23-25(13)17-6-4-5-7-18(17)26(29)30)21(28)24(3)14(2)15-8-10-16(22)11-9-15/h4-12,14H,1-3H3. The van der Waals surface area contributed by atoms with Crippen molar-refractivity contribution in [1.82, 2.24) is 14.7 Å². The van der Waals surface area contributed by atoms with E-state index in [1.807, 2.05) is 0 Å². The Morgan fingerprint density at radius 3 is 2.47 bits per heavy atom. The van der Waals surface area contributed by atoms with Gasteiger partial charge in [-0.05, 0) is 37.6 Å². The topological polar surface area (TPSA) is 98.3 Å². The summed E-state index contributed by atoms with van der Waals surface area (Å²) in [5.74, 6) is -1.04. The monoisotopic (exact) mass is 410 g/mol. The highest BCUT2D eigenvalue weighted by Crippen LogP contribution is 2.23. The molecule has 1 unspecified atom stereocenters. The molecule has 9 heteroatoms. The van der Waals surface area contributed by atoms with Crippen LogP contribution in [0.5, 0.6) is 0 Å². The van der Waals surface area contributed by atoms with Crippen LogP contribution in [0.3, 0.4) is 0 Å². The zero-order valence-electron chi connectivity index (χ0n) is 16.6. The number of rotatable bonds is 5. The molecule has 0 radical (unpaired) electrons. The van der Waals surface area contributed by atoms with Gasteiger partial charge in [-0.3, -0.25) is 19.7 Å². The van der Waals surface area contributed by atoms with Gasteiger partial charge in [-0.1, -0.05) is 24.3 Å². The van der Waals surface area contributed by atoms with Gasteiger partial charge in [0.25, 0.3) is 11.6 Å². The number of nitrogens with zero attached hydrogens (tertiary/aromatic N) is 4. The number of para-hydroxylation sites is 2. The van der Waals surface area contributed by atoms with Crippen molar-refractivity contribution < 1.29 is 14.1 Å². The summed E-state index contributed by atoms with van der Waals surface area (Å²) in [6.45, 7) is 3.31. The van der Waals surface area contributed by atoms with Crippen LogP contribution < -0.4 is 5.43 Å². The fraction of sp³-hybridized carbons (Fsp3) is 0.190. The highest BCUT2D eigenvalue weighted by Gasteiger charge is 2.25. The van der Waals surface area contributed by atoms with Gasteiger partial charge >= 0.3 is 0 Å². The van der Waals surface area contributed by atoms with E-state index in [1.54, 1.807) is 32.0 Å². The number of hydrogen-bond donors (Lipinski definition) is 0. The van der Waals surface area contributed by atoms with E-state index in [0.29, 0.717) is 11.3 Å². The van der Waals surface area contributed by atoms with Gasteiger partial charge in [-0.15, -0.1) is 0 Å². The summed E-state index contributed by atoms with van der Waals surface area (Å²) in [7, 11) is 1.51. The Morgan fingerprint density at radius 2 is 1.83 bits per heavy atom. The van der Waals surface area contributed by atoms with Crippen molar-refractivity contribution in [2.24, 2.45) is 0 Å². The van der Waals surface area contributed by atoms with Crippen molar-refractivity contribution >= 4 is 11.6 Å². The molecule has 3 aromatic rings. The van der Waals surface area contributed by atoms with Crippen LogP contribution in [-0.4, -0.2) is 32.6 Å². The first-order valence-electron chi connectivity index (χ1n) is 9.08. The first-order valence-corrected chi connectivity index (χ1v) is 9.08. The second-order valence-corrected chi connectivity index (χ2v) is 6.80. The average molecular weight is 410 g/mol. The Balaban J connectivity index is 2.03. The molecule has 0 bridgehead atoms. The van der Waals surface area contributed by atoms with Crippen LogP contribution >= 0.6 is 0 Å². The molecule has 2 aromatic carbocycles. The second-order valence-electron chi connectivity index (χ2n) is 6.80. The Bertz CT molecular complexity index is 1170. The number of hydrogen-bond acceptors (Lipinski definition) is 5. The highest BCUT2D eigenvalue weighted by atomic mass is 19.1. The lowest BCUT2D eigenvalue weighted by molar-refractivity contribution is -0.384. The lowest BCUT2D eigenvalue weighted by atomic mass is 10.1. The summed E-state index contributed by atoms with van der Waals surface area (Å²) in [4.78, 5) is 37.6. The Labute approximate surface area is 171 Å². The third-order valence-corrected chi connectivity index (χ3v) is 4.87. The van der Waals surface area contributed by atoms with E-state index in [4.69, 9.17) is 0 Å². The molecule has 0 aliphatic carbocycles. The predicted octanol–water partition coefficient (Wildman–Crippen LogP) is 3.42. The number of amides is 1. The molecule has 0 N–H and O–H groups in total. The Morgan fingerprint density at radius 1 is 1.20 bits per heavy atom. The third-order valence-electron chi connectivity index (χ3n) is 4.87. The molecular weight excluding hydrogens is 391 g/mol. The number of nitro benzene ring substituents is 1. The summed E-state index contributed by atoms with van der Waals surface area (Å²) in [6, 6.07) is 12.4. The van der Waals surface area contributed by atoms with E-state index in [2.05, 4.69) is 5.10 Å². The minimum absolute atomic E-state index is 0.142. The zero-order chi connectivity index (χ0) is 22.0. The smallest absolute Gasteiger partial charge is 0.294 e. The normalized spacial score (nSPS) is 11.7. The first kappa shape index (κ1) is 20.8. The van der Waals surface area contributed by atoms with Crippen molar-refractivity contribution in [3.05, 3.63) is 97.7 Å². The van der Waals surface area contributed by atoms with Gasteiger partial charge in [0.2, 0.25) is 5.43 Å². The molecule has 0 aliphatic rings. The molecule has 0 fully saturated rings. The van der Waals surface area contributed by atoms with Crippen molar-refractivity contribution in [2.75, 3.05) is 7.05 Å². The van der Waals surface area contributed by atoms with Crippen molar-refractivity contribution in [3.8, 4) is 5.69 Å². The molecule has 0 spiro atoms. The summed E-state index contributed by atoms with van der Waals surface area (Å²) in [5.41, 5.74) is 0.00522. The van der Waals surface area contributed by atoms with E-state index in [1.165, 1.54) is 53.0 Å². The van der Waals surface area contributed by atoms with E-state index >= 15 is 0 Å². The highest BCUT2D eigenvalue weighted by molar-refractivity contribution is 5.92. The minimum atomic E-state index is -0.649. The lowest BCUT2D eigenvalue weighted by Crippen LogP contribution is -2.35. The van der Waals surface area contributed by atoms with Crippen LogP contribution in [0.15, 0.2) is 59.4 Å². The zero-order valence-corrected chi connectivity index (χ0v) is 16.6. The van der Waals surface area contributed by atoms with Crippen LogP contribution in [0.25, 0.3) is 5.69 Å². The quantitative estimate of drug-likeness (QED) is 0.474. The van der Waals surface area contributed by atoms with E-state index < -0.39 is 28.1 Å². The molecule has 30 heavy (non-hydrogen) atoms. The van der Waals surface area contributed by atoms with Crippen LogP contribution in [0.2, 0.25) is 0 Å². The van der Waals surface area contributed by atoms with Gasteiger partial charge in [0, 0.05) is 24.9 Å². The molecule has 0 aliphatic heterocycles. The maximum atomic E-state index is 13.2. The van der Waals surface area contributed by atoms with E-state index in [0.717, 1.165) is 0 Å². The van der Waals surface area contributed by atoms with Gasteiger partial charge in [-0.25, -0.2) is 9.07 Å². The summed E-state index contributed by atoms with van der Waals surface area (Å²) in [5, 5.41) is 15.5. The van der Waals surface area contributed by atoms with Crippen LogP contribution in [0, 0.1) is 22.9 Å². The number of aromatic nitrogens is 2. The molecule has 8 nitrogen and oxygen atoms in total. The molecular formula is C21H19FN4O4. The molecule has 1 aromatic heterocycles. The Hall–Kier alpha value is -3.88. The van der Waals surface area contributed by atoms with Crippen molar-refractivity contribution in [3.63, 3.8) is 0 Å². The molecule has 0 saturated heterocycles. The maximum absolute atomic E-state index is 13.2. The largest absolute Gasteiger partial charge is 0.333 e. The summed E-state index contributed by atoms with van der Waals surface area (Å²) in [6.07, 6.45) is 0. The maximum Gasteiger partial charge on any atom is 0.294 e. The molecule has 1 heterocycles. The molecule has 0 saturated carbocycles. The lowest BCUT2D eigenvalue weighted by Gasteiger charge is -2.25. The number of aryl methyl sites for hydroxylation is 1. The number of halogens is 1. The third kappa shape index (κ3) is 3.95. The summed E-state index contributed by atoms with van der Waals surface area (Å²) >= 11 is 0. The van der Waals surface area contributed by atoms with Gasteiger partial charge in [0.05, 0.1) is 11.0 Å². The average Bonchev–Trinajstić information content (AvgIpc) is 2.73. The van der Waals surface area contributed by atoms with Crippen LogP contribution in [0.1, 0.15) is 34.7 Å². The van der Waals surface area contributed by atoms with E-state index in [-0.39, 0.29) is 17.1 Å². The number of carbonyl (C=O) groups is 1. The molecule has 154 valence electrons. The fourth-order valence-electron chi connectivity index (χ4n) is 3.04. The van der Waals surface area contributed by atoms with Gasteiger partial charge < -0.3 is 4.90 Å². The molecule has 1 atom stereocenters. The summed E-state index contributed by atoms with van der Waals surface area (Å²) < 4.78 is 14.4. The number of carbonyl (C=O) groups excluding carboxylic acids is 1. The molecule has 3 rings (SSSR count). The fourth-order valence-corrected chi connectivity index (χ4v) is 3.04. The van der Waals surface area contributed by atoms with Crippen LogP contribution in [-0.2, 0) is 0 Å². The van der Waals surface area contributed by atoms with Crippen molar-refractivity contribution in [2.45, 2.75) is 19.9 Å². The van der Waals surface area contributed by atoms with E-state index in [9.17, 15) is 24.1 Å². The van der Waals surface area contributed by atoms with Gasteiger partial charge in [0.1, 0.15) is 11.5 Å². The van der Waals surface area contributed by atoms with Gasteiger partial charge in [-0.2, -0.15) is 5.10 Å².